The van der Waals surface area contributed by atoms with Gasteiger partial charge in [0, 0.05) is 8.03 Å². The van der Waals surface area contributed by atoms with E-state index in [1.54, 1.807) is 0 Å². The third-order valence-electron chi connectivity index (χ3n) is 1.01. The lowest BCUT2D eigenvalue weighted by molar-refractivity contribution is 0.284. The van der Waals surface area contributed by atoms with Crippen molar-refractivity contribution in [3.8, 4) is 0 Å². The Kier molecular flexibility index (Phi) is 20.1. The number of nitrogens with one attached hydrogen (secondary N) is 1. The van der Waals surface area contributed by atoms with Gasteiger partial charge in [0.15, 0.2) is 0 Å². The van der Waals surface area contributed by atoms with Gasteiger partial charge in [-0.2, -0.15) is 0 Å². The van der Waals surface area contributed by atoms with Gasteiger partial charge in [0.25, 0.3) is 0 Å². The standard InChI is InChI=1S/C6H15NO.C2H6.H2/c1-2-7-5-3-4-6-8;1-2;/h7-8H,2-6H2,1H3;1-2H3;1H. The van der Waals surface area contributed by atoms with Crippen LogP contribution in [0.25, 0.3) is 0 Å². The van der Waals surface area contributed by atoms with Crippen molar-refractivity contribution in [2.45, 2.75) is 33.6 Å². The Morgan fingerprint density at radius 2 is 1.90 bits per heavy atom. The van der Waals surface area contributed by atoms with Crippen LogP contribution in [0, 0.1) is 0 Å². The van der Waals surface area contributed by atoms with E-state index in [0.717, 1.165) is 25.9 Å². The van der Waals surface area contributed by atoms with Crippen molar-refractivity contribution in [3.05, 3.63) is 0 Å². The SMILES string of the molecule is CC.CCNCCCCO.[HH]. The highest BCUT2D eigenvalue weighted by atomic mass is 16.2. The average Bonchev–Trinajstić information content (AvgIpc) is 2.02. The molecule has 0 bridgehead atoms. The molecule has 10 heavy (non-hydrogen) atoms. The number of aliphatic hydroxyl groups is 1. The van der Waals surface area contributed by atoms with Crippen molar-refractivity contribution in [1.29, 1.82) is 0 Å². The van der Waals surface area contributed by atoms with E-state index in [1.165, 1.54) is 0 Å². The van der Waals surface area contributed by atoms with E-state index in [9.17, 15) is 0 Å². The second-order valence-corrected chi connectivity index (χ2v) is 1.78. The molecule has 0 aromatic heterocycles. The zero-order chi connectivity index (χ0) is 8.24. The van der Waals surface area contributed by atoms with Crippen LogP contribution in [0.4, 0.5) is 0 Å². The summed E-state index contributed by atoms with van der Waals surface area (Å²) >= 11 is 0. The fraction of sp³-hybridized carbons (Fsp3) is 1.00. The topological polar surface area (TPSA) is 32.3 Å². The van der Waals surface area contributed by atoms with Crippen LogP contribution in [-0.2, 0) is 0 Å². The van der Waals surface area contributed by atoms with Crippen LogP contribution in [0.2, 0.25) is 0 Å². The van der Waals surface area contributed by atoms with Crippen LogP contribution in [0.3, 0.4) is 0 Å². The third kappa shape index (κ3) is 15.7. The van der Waals surface area contributed by atoms with E-state index in [1.807, 2.05) is 13.8 Å². The number of hydrogen-bond donors (Lipinski definition) is 2. The van der Waals surface area contributed by atoms with Gasteiger partial charge >= 0.3 is 0 Å². The van der Waals surface area contributed by atoms with Crippen molar-refractivity contribution >= 4 is 0 Å². The minimum Gasteiger partial charge on any atom is -0.396 e. The van der Waals surface area contributed by atoms with E-state index in [-0.39, 0.29) is 1.43 Å². The zero-order valence-electron chi connectivity index (χ0n) is 7.48. The quantitative estimate of drug-likeness (QED) is 0.582. The van der Waals surface area contributed by atoms with Gasteiger partial charge in [-0.1, -0.05) is 20.8 Å². The molecule has 0 saturated heterocycles. The summed E-state index contributed by atoms with van der Waals surface area (Å²) in [5.74, 6) is 0. The molecule has 0 spiro atoms. The predicted molar refractivity (Wildman–Crippen MR) is 48.3 cm³/mol. The number of hydrogen-bond acceptors (Lipinski definition) is 2. The molecule has 0 rings (SSSR count). The van der Waals surface area contributed by atoms with Crippen molar-refractivity contribution in [3.63, 3.8) is 0 Å². The summed E-state index contributed by atoms with van der Waals surface area (Å²) in [6.45, 7) is 8.48. The Morgan fingerprint density at radius 1 is 1.30 bits per heavy atom. The number of rotatable bonds is 5. The van der Waals surface area contributed by atoms with Crippen molar-refractivity contribution in [2.75, 3.05) is 19.7 Å². The van der Waals surface area contributed by atoms with E-state index in [2.05, 4.69) is 12.2 Å². The van der Waals surface area contributed by atoms with Crippen molar-refractivity contribution in [2.24, 2.45) is 0 Å². The largest absolute Gasteiger partial charge is 0.396 e. The molecule has 0 amide bonds. The van der Waals surface area contributed by atoms with Gasteiger partial charge < -0.3 is 10.4 Å². The first-order valence-electron chi connectivity index (χ1n) is 4.23. The maximum absolute atomic E-state index is 8.34. The summed E-state index contributed by atoms with van der Waals surface area (Å²) in [5, 5.41) is 11.5. The first-order valence-corrected chi connectivity index (χ1v) is 4.23. The zero-order valence-corrected chi connectivity index (χ0v) is 7.48. The lowest BCUT2D eigenvalue weighted by Gasteiger charge is -1.96. The maximum atomic E-state index is 8.34. The van der Waals surface area contributed by atoms with Gasteiger partial charge in [-0.25, -0.2) is 0 Å². The molecule has 0 atom stereocenters. The molecule has 2 N–H and O–H groups in total. The fourth-order valence-corrected chi connectivity index (χ4v) is 0.539. The van der Waals surface area contributed by atoms with E-state index >= 15 is 0 Å². The molecular formula is C8H23NO. The second-order valence-electron chi connectivity index (χ2n) is 1.78. The summed E-state index contributed by atoms with van der Waals surface area (Å²) < 4.78 is 0. The summed E-state index contributed by atoms with van der Waals surface area (Å²) in [6, 6.07) is 0. The summed E-state index contributed by atoms with van der Waals surface area (Å²) in [7, 11) is 0. The predicted octanol–water partition coefficient (Wildman–Crippen LogP) is 1.64. The van der Waals surface area contributed by atoms with Crippen LogP contribution in [0.15, 0.2) is 0 Å². The minimum absolute atomic E-state index is 0. The Bertz CT molecular complexity index is 39.1. The lowest BCUT2D eigenvalue weighted by Crippen LogP contribution is -2.13. The van der Waals surface area contributed by atoms with Gasteiger partial charge in [0.2, 0.25) is 0 Å². The van der Waals surface area contributed by atoms with E-state index in [0.29, 0.717) is 6.61 Å². The molecule has 2 nitrogen and oxygen atoms in total. The van der Waals surface area contributed by atoms with Gasteiger partial charge in [0.1, 0.15) is 0 Å². The van der Waals surface area contributed by atoms with Crippen LogP contribution < -0.4 is 5.32 Å². The Morgan fingerprint density at radius 3 is 2.30 bits per heavy atom. The smallest absolute Gasteiger partial charge is 0.0431 e. The fourth-order valence-electron chi connectivity index (χ4n) is 0.539. The molecule has 0 unspecified atom stereocenters. The van der Waals surface area contributed by atoms with Gasteiger partial charge in [-0.15, -0.1) is 0 Å². The van der Waals surface area contributed by atoms with Crippen LogP contribution in [0.5, 0.6) is 0 Å². The second kappa shape index (κ2) is 16.0. The lowest BCUT2D eigenvalue weighted by atomic mass is 10.3. The Balaban J connectivity index is -0.000000196. The number of unbranched alkanes of at least 4 members (excludes halogenated alkanes) is 1. The van der Waals surface area contributed by atoms with Crippen molar-refractivity contribution in [1.82, 2.24) is 5.32 Å². The highest BCUT2D eigenvalue weighted by molar-refractivity contribution is 4.42. The molecule has 0 aliphatic rings. The normalized spacial score (nSPS) is 8.40. The van der Waals surface area contributed by atoms with E-state index in [4.69, 9.17) is 5.11 Å². The molecule has 0 radical (unpaired) electrons. The Hall–Kier alpha value is -0.0800. The average molecular weight is 149 g/mol. The van der Waals surface area contributed by atoms with E-state index < -0.39 is 0 Å². The highest BCUT2D eigenvalue weighted by Crippen LogP contribution is 1.81. The van der Waals surface area contributed by atoms with Crippen LogP contribution >= 0.6 is 0 Å². The molecule has 0 aromatic rings. The maximum Gasteiger partial charge on any atom is 0.0431 e. The van der Waals surface area contributed by atoms with Crippen molar-refractivity contribution < 1.29 is 6.53 Å². The van der Waals surface area contributed by atoms with Crippen LogP contribution in [0.1, 0.15) is 35.0 Å². The molecule has 0 saturated carbocycles. The molecule has 0 fully saturated rings. The Labute approximate surface area is 66.1 Å². The molecule has 0 aliphatic heterocycles. The highest BCUT2D eigenvalue weighted by Gasteiger charge is 1.82. The minimum atomic E-state index is 0. The van der Waals surface area contributed by atoms with Gasteiger partial charge in [-0.3, -0.25) is 0 Å². The monoisotopic (exact) mass is 149 g/mol. The summed E-state index contributed by atoms with van der Waals surface area (Å²) in [6.07, 6.45) is 2.01. The first-order chi connectivity index (χ1) is 4.91. The summed E-state index contributed by atoms with van der Waals surface area (Å²) in [4.78, 5) is 0. The summed E-state index contributed by atoms with van der Waals surface area (Å²) in [5.41, 5.74) is 0. The molecule has 0 aromatic carbocycles. The first kappa shape index (κ1) is 12.6. The third-order valence-corrected chi connectivity index (χ3v) is 1.01. The molecule has 0 aliphatic carbocycles. The molecule has 66 valence electrons. The van der Waals surface area contributed by atoms with Gasteiger partial charge in [-0.05, 0) is 25.9 Å². The molecule has 0 heterocycles. The number of aliphatic hydroxyl groups excluding tert-OH is 1. The van der Waals surface area contributed by atoms with Crippen LogP contribution in [-0.4, -0.2) is 24.8 Å². The molecule has 2 heteroatoms. The molecular weight excluding hydrogens is 126 g/mol. The van der Waals surface area contributed by atoms with Gasteiger partial charge in [0.05, 0.1) is 0 Å².